The highest BCUT2D eigenvalue weighted by atomic mass is 31.1. The Morgan fingerprint density at radius 1 is 1.50 bits per heavy atom. The molecule has 0 aliphatic heterocycles. The van der Waals surface area contributed by atoms with Gasteiger partial charge in [-0.1, -0.05) is 14.9 Å². The van der Waals surface area contributed by atoms with Gasteiger partial charge in [0.25, 0.3) is 0 Å². The molecular formula is C5H16O2P+. The van der Waals surface area contributed by atoms with Crippen molar-refractivity contribution in [1.29, 1.82) is 0 Å². The van der Waals surface area contributed by atoms with Crippen molar-refractivity contribution in [3.63, 3.8) is 0 Å². The summed E-state index contributed by atoms with van der Waals surface area (Å²) in [6.45, 7) is 3.90. The van der Waals surface area contributed by atoms with Crippen molar-refractivity contribution in [3.8, 4) is 0 Å². The number of hydrogen-bond donors (Lipinski definition) is 0. The highest BCUT2D eigenvalue weighted by Gasteiger charge is 2.00. The van der Waals surface area contributed by atoms with Crippen molar-refractivity contribution in [1.82, 2.24) is 0 Å². The summed E-state index contributed by atoms with van der Waals surface area (Å²) in [5.74, 6) is 0. The van der Waals surface area contributed by atoms with Gasteiger partial charge < -0.3 is 0 Å². The summed E-state index contributed by atoms with van der Waals surface area (Å²) in [6.07, 6.45) is 0. The van der Waals surface area contributed by atoms with E-state index in [9.17, 15) is 4.57 Å². The van der Waals surface area contributed by atoms with Crippen LogP contribution in [0.3, 0.4) is 0 Å². The largest absolute Gasteiger partial charge is 0.504 e. The van der Waals surface area contributed by atoms with Gasteiger partial charge in [0.15, 0.2) is 6.66 Å². The van der Waals surface area contributed by atoms with Gasteiger partial charge in [0.05, 0.1) is 6.61 Å². The topological polar surface area (TPSA) is 26.3 Å². The van der Waals surface area contributed by atoms with Crippen LogP contribution >= 0.6 is 8.03 Å². The third kappa shape index (κ3) is 16.6. The second-order valence-corrected chi connectivity index (χ2v) is 2.00. The quantitative estimate of drug-likeness (QED) is 0.550. The Morgan fingerprint density at radius 3 is 1.88 bits per heavy atom. The zero-order valence-electron chi connectivity index (χ0n) is 3.97. The van der Waals surface area contributed by atoms with Crippen molar-refractivity contribution < 1.29 is 9.09 Å². The summed E-state index contributed by atoms with van der Waals surface area (Å²) >= 11 is 0. The third-order valence-corrected chi connectivity index (χ3v) is 0.933. The van der Waals surface area contributed by atoms with Gasteiger partial charge in [-0.2, -0.15) is 0 Å². The van der Waals surface area contributed by atoms with E-state index in [0.29, 0.717) is 6.61 Å². The second-order valence-electron chi connectivity index (χ2n) is 0.857. The van der Waals surface area contributed by atoms with Gasteiger partial charge in [0.1, 0.15) is 0 Å². The molecule has 0 N–H and O–H groups in total. The smallest absolute Gasteiger partial charge is 0.147 e. The predicted octanol–water partition coefficient (Wildman–Crippen LogP) is 2.67. The van der Waals surface area contributed by atoms with Crippen LogP contribution in [0.1, 0.15) is 21.8 Å². The first-order valence-electron chi connectivity index (χ1n) is 1.81. The molecule has 0 rings (SSSR count). The third-order valence-electron chi connectivity index (χ3n) is 0.311. The Labute approximate surface area is 53.1 Å². The average Bonchev–Trinajstić information content (AvgIpc) is 1.35. The molecule has 3 heteroatoms. The Morgan fingerprint density at radius 2 is 1.88 bits per heavy atom. The maximum absolute atomic E-state index is 9.97. The Balaban J connectivity index is -0.000000125. The maximum Gasteiger partial charge on any atom is 0.504 e. The van der Waals surface area contributed by atoms with E-state index < -0.39 is 8.03 Å². The summed E-state index contributed by atoms with van der Waals surface area (Å²) < 4.78 is 14.5. The van der Waals surface area contributed by atoms with Crippen LogP contribution in [0.5, 0.6) is 0 Å². The predicted molar refractivity (Wildman–Crippen MR) is 38.6 cm³/mol. The molecule has 2 nitrogen and oxygen atoms in total. The standard InChI is InChI=1S/C3H8O2P.2CH4/c1-3-5-6(2)4;;/h3H2,1-2H3;2*1H4/q+1;;. The molecule has 0 aliphatic carbocycles. The lowest BCUT2D eigenvalue weighted by atomic mass is 10.9. The monoisotopic (exact) mass is 139 g/mol. The lowest BCUT2D eigenvalue weighted by Crippen LogP contribution is -1.72. The second kappa shape index (κ2) is 10.1. The van der Waals surface area contributed by atoms with E-state index in [4.69, 9.17) is 0 Å². The fourth-order valence-corrected chi connectivity index (χ4v) is 0.545. The van der Waals surface area contributed by atoms with Crippen LogP contribution in [0.15, 0.2) is 0 Å². The molecular weight excluding hydrogens is 123 g/mol. The molecule has 0 radical (unpaired) electrons. The van der Waals surface area contributed by atoms with E-state index in [0.717, 1.165) is 0 Å². The fourth-order valence-electron chi connectivity index (χ4n) is 0.182. The molecule has 0 spiro atoms. The Hall–Kier alpha value is 0.0600. The van der Waals surface area contributed by atoms with E-state index in [1.165, 1.54) is 0 Å². The Bertz CT molecular complexity index is 54.4. The van der Waals surface area contributed by atoms with Crippen molar-refractivity contribution in [2.45, 2.75) is 21.8 Å². The van der Waals surface area contributed by atoms with Crippen LogP contribution in [-0.2, 0) is 9.09 Å². The molecule has 0 aliphatic rings. The molecule has 0 amide bonds. The minimum atomic E-state index is -1.35. The number of rotatable bonds is 2. The first-order chi connectivity index (χ1) is 2.77. The van der Waals surface area contributed by atoms with Crippen molar-refractivity contribution in [2.24, 2.45) is 0 Å². The van der Waals surface area contributed by atoms with Gasteiger partial charge in [-0.15, -0.1) is 4.52 Å². The van der Waals surface area contributed by atoms with E-state index in [2.05, 4.69) is 4.52 Å². The summed E-state index contributed by atoms with van der Waals surface area (Å²) in [5.41, 5.74) is 0. The Kier molecular flexibility index (Phi) is 19.9. The molecule has 8 heavy (non-hydrogen) atoms. The van der Waals surface area contributed by atoms with E-state index >= 15 is 0 Å². The van der Waals surface area contributed by atoms with E-state index in [1.807, 2.05) is 6.92 Å². The molecule has 52 valence electrons. The molecule has 0 heterocycles. The van der Waals surface area contributed by atoms with Gasteiger partial charge in [0.2, 0.25) is 0 Å². The lowest BCUT2D eigenvalue weighted by molar-refractivity contribution is 0.354. The average molecular weight is 139 g/mol. The van der Waals surface area contributed by atoms with Crippen LogP contribution in [-0.4, -0.2) is 13.3 Å². The summed E-state index contributed by atoms with van der Waals surface area (Å²) in [7, 11) is -1.35. The van der Waals surface area contributed by atoms with E-state index in [1.54, 1.807) is 6.66 Å². The summed E-state index contributed by atoms with van der Waals surface area (Å²) in [4.78, 5) is 0. The highest BCUT2D eigenvalue weighted by Crippen LogP contribution is 2.12. The fraction of sp³-hybridized carbons (Fsp3) is 1.00. The van der Waals surface area contributed by atoms with Crippen LogP contribution in [0.2, 0.25) is 0 Å². The zero-order valence-corrected chi connectivity index (χ0v) is 4.87. The summed E-state index contributed by atoms with van der Waals surface area (Å²) in [6, 6.07) is 0. The van der Waals surface area contributed by atoms with Gasteiger partial charge in [-0.25, -0.2) is 0 Å². The maximum atomic E-state index is 9.97. The minimum absolute atomic E-state index is 0. The first kappa shape index (κ1) is 15.7. The highest BCUT2D eigenvalue weighted by molar-refractivity contribution is 7.38. The van der Waals surface area contributed by atoms with Gasteiger partial charge in [0, 0.05) is 0 Å². The number of hydrogen-bond acceptors (Lipinski definition) is 2. The lowest BCUT2D eigenvalue weighted by Gasteiger charge is -1.70. The van der Waals surface area contributed by atoms with Crippen molar-refractivity contribution in [2.75, 3.05) is 13.3 Å². The van der Waals surface area contributed by atoms with Crippen molar-refractivity contribution >= 4 is 8.03 Å². The van der Waals surface area contributed by atoms with E-state index in [-0.39, 0.29) is 14.9 Å². The molecule has 0 saturated heterocycles. The van der Waals surface area contributed by atoms with Crippen LogP contribution in [0, 0.1) is 0 Å². The first-order valence-corrected chi connectivity index (χ1v) is 3.43. The SMILES string of the molecule is C.C.CCO[P+](C)=O. The molecule has 0 aromatic heterocycles. The summed E-state index contributed by atoms with van der Waals surface area (Å²) in [5, 5.41) is 0. The zero-order chi connectivity index (χ0) is 4.99. The van der Waals surface area contributed by atoms with Gasteiger partial charge >= 0.3 is 8.03 Å². The molecule has 0 aromatic rings. The molecule has 0 saturated carbocycles. The molecule has 0 bridgehead atoms. The van der Waals surface area contributed by atoms with Gasteiger partial charge in [-0.05, 0) is 11.5 Å². The van der Waals surface area contributed by atoms with Crippen LogP contribution < -0.4 is 0 Å². The van der Waals surface area contributed by atoms with Crippen LogP contribution in [0.4, 0.5) is 0 Å². The molecule has 0 aromatic carbocycles. The van der Waals surface area contributed by atoms with Crippen molar-refractivity contribution in [3.05, 3.63) is 0 Å². The molecule has 1 atom stereocenters. The van der Waals surface area contributed by atoms with Crippen LogP contribution in [0.25, 0.3) is 0 Å². The van der Waals surface area contributed by atoms with Gasteiger partial charge in [-0.3, -0.25) is 0 Å². The molecule has 0 fully saturated rings. The normalized spacial score (nSPS) is 8.50. The molecule has 1 unspecified atom stereocenters. The minimum Gasteiger partial charge on any atom is -0.147 e.